The van der Waals surface area contributed by atoms with Crippen LogP contribution in [-0.4, -0.2) is 16.4 Å². The molecule has 0 radical (unpaired) electrons. The monoisotopic (exact) mass is 295 g/mol. The van der Waals surface area contributed by atoms with E-state index in [0.29, 0.717) is 6.42 Å². The second-order valence-electron chi connectivity index (χ2n) is 4.37. The van der Waals surface area contributed by atoms with Crippen molar-refractivity contribution in [1.29, 1.82) is 5.26 Å². The lowest BCUT2D eigenvalue weighted by atomic mass is 10.1. The van der Waals surface area contributed by atoms with E-state index in [-0.39, 0.29) is 17.9 Å². The molecule has 0 fully saturated rings. The largest absolute Gasteiger partial charge is 0.493 e. The Morgan fingerprint density at radius 3 is 2.67 bits per heavy atom. The highest BCUT2D eigenvalue weighted by Crippen LogP contribution is 2.36. The number of benzene rings is 1. The van der Waals surface area contributed by atoms with Gasteiger partial charge in [0.2, 0.25) is 0 Å². The molecule has 1 heterocycles. The first-order valence-electron chi connectivity index (χ1n) is 6.13. The quantitative estimate of drug-likeness (QED) is 0.871. The minimum absolute atomic E-state index is 0.0543. The van der Waals surface area contributed by atoms with E-state index in [9.17, 15) is 13.2 Å². The van der Waals surface area contributed by atoms with Crippen LogP contribution in [-0.2, 0) is 19.6 Å². The number of nitriles is 1. The molecule has 1 aromatic heterocycles. The summed E-state index contributed by atoms with van der Waals surface area (Å²) in [7, 11) is 1.75. The summed E-state index contributed by atoms with van der Waals surface area (Å²) in [6.07, 6.45) is -2.51. The van der Waals surface area contributed by atoms with Crippen LogP contribution in [0.5, 0.6) is 5.75 Å². The lowest BCUT2D eigenvalue weighted by Gasteiger charge is -2.14. The zero-order valence-corrected chi connectivity index (χ0v) is 11.2. The Labute approximate surface area is 119 Å². The summed E-state index contributed by atoms with van der Waals surface area (Å²) in [5, 5.41) is 12.6. The molecule has 0 amide bonds. The van der Waals surface area contributed by atoms with Crippen molar-refractivity contribution < 1.29 is 17.9 Å². The van der Waals surface area contributed by atoms with E-state index in [1.165, 1.54) is 12.1 Å². The van der Waals surface area contributed by atoms with Crippen LogP contribution >= 0.6 is 0 Å². The van der Waals surface area contributed by atoms with Crippen LogP contribution in [0.15, 0.2) is 30.5 Å². The molecule has 0 N–H and O–H groups in total. The molecular weight excluding hydrogens is 283 g/mol. The first-order valence-corrected chi connectivity index (χ1v) is 6.13. The molecule has 0 saturated heterocycles. The number of hydrogen-bond donors (Lipinski definition) is 0. The fourth-order valence-electron chi connectivity index (χ4n) is 1.86. The Morgan fingerprint density at radius 2 is 2.10 bits per heavy atom. The van der Waals surface area contributed by atoms with Crippen molar-refractivity contribution in [2.24, 2.45) is 7.05 Å². The number of alkyl halides is 3. The molecule has 0 spiro atoms. The van der Waals surface area contributed by atoms with Gasteiger partial charge in [-0.15, -0.1) is 0 Å². The summed E-state index contributed by atoms with van der Waals surface area (Å²) in [5.41, 5.74) is -0.134. The van der Waals surface area contributed by atoms with Crippen LogP contribution in [0.2, 0.25) is 0 Å². The minimum atomic E-state index is -4.56. The second-order valence-corrected chi connectivity index (χ2v) is 4.37. The van der Waals surface area contributed by atoms with Gasteiger partial charge < -0.3 is 4.74 Å². The lowest BCUT2D eigenvalue weighted by Crippen LogP contribution is -2.11. The van der Waals surface area contributed by atoms with Crippen LogP contribution in [0.25, 0.3) is 0 Å². The number of aromatic nitrogens is 2. The number of ether oxygens (including phenoxy) is 1. The summed E-state index contributed by atoms with van der Waals surface area (Å²) in [6.45, 7) is 0.0918. The topological polar surface area (TPSA) is 50.8 Å². The van der Waals surface area contributed by atoms with Gasteiger partial charge in [0.25, 0.3) is 0 Å². The number of nitrogens with zero attached hydrogens (tertiary/aromatic N) is 3. The predicted octanol–water partition coefficient (Wildman–Crippen LogP) is 2.93. The van der Waals surface area contributed by atoms with E-state index < -0.39 is 11.7 Å². The summed E-state index contributed by atoms with van der Waals surface area (Å²) in [6, 6.07) is 6.72. The zero-order chi connectivity index (χ0) is 15.5. The molecule has 21 heavy (non-hydrogen) atoms. The zero-order valence-electron chi connectivity index (χ0n) is 11.2. The van der Waals surface area contributed by atoms with Gasteiger partial charge in [0.1, 0.15) is 5.75 Å². The lowest BCUT2D eigenvalue weighted by molar-refractivity contribution is -0.138. The molecular formula is C14H12F3N3O. The van der Waals surface area contributed by atoms with Crippen molar-refractivity contribution in [3.05, 3.63) is 47.3 Å². The molecule has 1 aromatic carbocycles. The molecule has 110 valence electrons. The van der Waals surface area contributed by atoms with E-state index in [1.807, 2.05) is 0 Å². The van der Waals surface area contributed by atoms with Gasteiger partial charge in [-0.2, -0.15) is 23.5 Å². The summed E-state index contributed by atoms with van der Waals surface area (Å²) in [5.74, 6) is -0.274. The van der Waals surface area contributed by atoms with Crippen LogP contribution in [0.1, 0.15) is 16.8 Å². The smallest absolute Gasteiger partial charge is 0.420 e. The van der Waals surface area contributed by atoms with Crippen molar-refractivity contribution in [2.45, 2.75) is 12.6 Å². The van der Waals surface area contributed by atoms with E-state index in [4.69, 9.17) is 10.00 Å². The van der Waals surface area contributed by atoms with Crippen molar-refractivity contribution in [3.8, 4) is 11.8 Å². The number of hydrogen-bond acceptors (Lipinski definition) is 3. The summed E-state index contributed by atoms with van der Waals surface area (Å²) >= 11 is 0. The SMILES string of the molecule is Cn1nccc1CCOc1ccc(C#N)cc1C(F)(F)F. The maximum atomic E-state index is 12.9. The normalized spacial score (nSPS) is 11.2. The average molecular weight is 295 g/mol. The molecule has 0 unspecified atom stereocenters. The molecule has 0 aliphatic carbocycles. The Kier molecular flexibility index (Phi) is 4.17. The Balaban J connectivity index is 2.13. The highest BCUT2D eigenvalue weighted by Gasteiger charge is 2.34. The van der Waals surface area contributed by atoms with Crippen LogP contribution in [0, 0.1) is 11.3 Å². The predicted molar refractivity (Wildman–Crippen MR) is 68.6 cm³/mol. The van der Waals surface area contributed by atoms with Crippen molar-refractivity contribution in [2.75, 3.05) is 6.61 Å². The standard InChI is InChI=1S/C14H12F3N3O/c1-20-11(4-6-19-20)5-7-21-13-3-2-10(9-18)8-12(13)14(15,16)17/h2-4,6,8H,5,7H2,1H3. The van der Waals surface area contributed by atoms with Crippen LogP contribution in [0.3, 0.4) is 0 Å². The van der Waals surface area contributed by atoms with E-state index in [2.05, 4.69) is 5.10 Å². The minimum Gasteiger partial charge on any atom is -0.493 e. The third-order valence-corrected chi connectivity index (χ3v) is 2.95. The fourth-order valence-corrected chi connectivity index (χ4v) is 1.86. The van der Waals surface area contributed by atoms with Gasteiger partial charge in [-0.25, -0.2) is 0 Å². The highest BCUT2D eigenvalue weighted by molar-refractivity contribution is 5.43. The van der Waals surface area contributed by atoms with Gasteiger partial charge in [-0.05, 0) is 24.3 Å². The van der Waals surface area contributed by atoms with Gasteiger partial charge in [-0.1, -0.05) is 0 Å². The molecule has 0 atom stereocenters. The maximum absolute atomic E-state index is 12.9. The number of aryl methyl sites for hydroxylation is 1. The Hall–Kier alpha value is -2.49. The van der Waals surface area contributed by atoms with Gasteiger partial charge in [0.05, 0.1) is 23.8 Å². The van der Waals surface area contributed by atoms with Crippen molar-refractivity contribution >= 4 is 0 Å². The molecule has 0 aliphatic rings. The van der Waals surface area contributed by atoms with Crippen LogP contribution in [0.4, 0.5) is 13.2 Å². The Morgan fingerprint density at radius 1 is 1.33 bits per heavy atom. The highest BCUT2D eigenvalue weighted by atomic mass is 19.4. The summed E-state index contributed by atoms with van der Waals surface area (Å²) < 4.78 is 45.6. The maximum Gasteiger partial charge on any atom is 0.420 e. The van der Waals surface area contributed by atoms with E-state index >= 15 is 0 Å². The van der Waals surface area contributed by atoms with Crippen LogP contribution < -0.4 is 4.74 Å². The van der Waals surface area contributed by atoms with Gasteiger partial charge in [0, 0.05) is 25.4 Å². The van der Waals surface area contributed by atoms with Gasteiger partial charge in [0.15, 0.2) is 0 Å². The number of rotatable bonds is 4. The molecule has 4 nitrogen and oxygen atoms in total. The molecule has 0 bridgehead atoms. The molecule has 0 saturated carbocycles. The van der Waals surface area contributed by atoms with Gasteiger partial charge >= 0.3 is 6.18 Å². The average Bonchev–Trinajstić information content (AvgIpc) is 2.83. The number of halogens is 3. The van der Waals surface area contributed by atoms with Crippen molar-refractivity contribution in [3.63, 3.8) is 0 Å². The molecule has 2 rings (SSSR count). The third-order valence-electron chi connectivity index (χ3n) is 2.95. The van der Waals surface area contributed by atoms with E-state index in [0.717, 1.165) is 11.8 Å². The first kappa shape index (κ1) is 14.9. The summed E-state index contributed by atoms with van der Waals surface area (Å²) in [4.78, 5) is 0. The van der Waals surface area contributed by atoms with E-state index in [1.54, 1.807) is 30.1 Å². The van der Waals surface area contributed by atoms with Gasteiger partial charge in [-0.3, -0.25) is 4.68 Å². The third kappa shape index (κ3) is 3.54. The van der Waals surface area contributed by atoms with Crippen molar-refractivity contribution in [1.82, 2.24) is 9.78 Å². The Bertz CT molecular complexity index is 671. The fraction of sp³-hybridized carbons (Fsp3) is 0.286. The second kappa shape index (κ2) is 5.87. The molecule has 7 heteroatoms. The molecule has 2 aromatic rings. The molecule has 0 aliphatic heterocycles. The first-order chi connectivity index (χ1) is 9.91.